The summed E-state index contributed by atoms with van der Waals surface area (Å²) in [5, 5.41) is 15.7. The van der Waals surface area contributed by atoms with Gasteiger partial charge in [0.2, 0.25) is 0 Å². The van der Waals surface area contributed by atoms with Crippen LogP contribution in [0.1, 0.15) is 21.7 Å². The number of benzene rings is 2. The quantitative estimate of drug-likeness (QED) is 0.709. The minimum absolute atomic E-state index is 0.141. The first kappa shape index (κ1) is 16.0. The van der Waals surface area contributed by atoms with Crippen molar-refractivity contribution >= 4 is 18.2 Å². The van der Waals surface area contributed by atoms with Crippen molar-refractivity contribution in [2.45, 2.75) is 6.42 Å². The minimum Gasteiger partial charge on any atom is -0.478 e. The smallest absolute Gasteiger partial charge is 0.335 e. The van der Waals surface area contributed by atoms with Crippen LogP contribution in [0, 0.1) is 16.4 Å². The number of carboxylic acid groups (broad SMARTS) is 1. The fraction of sp³-hybridized carbons (Fsp3) is 0.0625. The zero-order chi connectivity index (χ0) is 17.3. The van der Waals surface area contributed by atoms with Gasteiger partial charge in [-0.15, -0.1) is 0 Å². The summed E-state index contributed by atoms with van der Waals surface area (Å²) in [6.45, 7) is 0. The molecular formula is C16H11F2N3O2S. The third-order valence-electron chi connectivity index (χ3n) is 3.40. The van der Waals surface area contributed by atoms with Gasteiger partial charge in [0.15, 0.2) is 4.77 Å². The van der Waals surface area contributed by atoms with Gasteiger partial charge in [0.05, 0.1) is 5.56 Å². The molecule has 3 aromatic rings. The highest BCUT2D eigenvalue weighted by molar-refractivity contribution is 7.71. The predicted octanol–water partition coefficient (Wildman–Crippen LogP) is 3.50. The SMILES string of the molecule is O=C(O)c1ccc(-n2c(Cc3cc(F)cc(F)c3)n[nH]c2=S)cc1. The van der Waals surface area contributed by atoms with Gasteiger partial charge in [-0.25, -0.2) is 13.6 Å². The summed E-state index contributed by atoms with van der Waals surface area (Å²) in [4.78, 5) is 10.9. The monoisotopic (exact) mass is 347 g/mol. The molecule has 0 aliphatic rings. The van der Waals surface area contributed by atoms with Crippen LogP contribution in [-0.2, 0) is 6.42 Å². The second-order valence-electron chi connectivity index (χ2n) is 5.09. The van der Waals surface area contributed by atoms with Crippen molar-refractivity contribution in [1.29, 1.82) is 0 Å². The van der Waals surface area contributed by atoms with E-state index in [1.807, 2.05) is 0 Å². The maximum absolute atomic E-state index is 13.3. The summed E-state index contributed by atoms with van der Waals surface area (Å²) in [7, 11) is 0. The van der Waals surface area contributed by atoms with Crippen LogP contribution < -0.4 is 0 Å². The van der Waals surface area contributed by atoms with Crippen molar-refractivity contribution in [3.63, 3.8) is 0 Å². The highest BCUT2D eigenvalue weighted by atomic mass is 32.1. The number of aromatic nitrogens is 3. The number of aromatic carboxylic acids is 1. The van der Waals surface area contributed by atoms with Crippen molar-refractivity contribution in [2.75, 3.05) is 0 Å². The van der Waals surface area contributed by atoms with E-state index in [4.69, 9.17) is 17.3 Å². The van der Waals surface area contributed by atoms with E-state index in [0.29, 0.717) is 21.8 Å². The molecule has 2 aromatic carbocycles. The van der Waals surface area contributed by atoms with Gasteiger partial charge in [-0.05, 0) is 54.2 Å². The number of carbonyl (C=O) groups is 1. The van der Waals surface area contributed by atoms with Crippen LogP contribution in [-0.4, -0.2) is 25.8 Å². The normalized spacial score (nSPS) is 10.8. The zero-order valence-electron chi connectivity index (χ0n) is 12.2. The van der Waals surface area contributed by atoms with E-state index < -0.39 is 17.6 Å². The van der Waals surface area contributed by atoms with Crippen LogP contribution >= 0.6 is 12.2 Å². The van der Waals surface area contributed by atoms with Crippen molar-refractivity contribution in [1.82, 2.24) is 14.8 Å². The Labute approximate surface area is 140 Å². The van der Waals surface area contributed by atoms with Gasteiger partial charge < -0.3 is 5.11 Å². The van der Waals surface area contributed by atoms with E-state index in [2.05, 4.69) is 10.2 Å². The Hall–Kier alpha value is -2.87. The van der Waals surface area contributed by atoms with Crippen LogP contribution in [0.15, 0.2) is 42.5 Å². The van der Waals surface area contributed by atoms with Crippen molar-refractivity contribution in [3.8, 4) is 5.69 Å². The Kier molecular flexibility index (Phi) is 4.22. The highest BCUT2D eigenvalue weighted by Gasteiger charge is 2.12. The fourth-order valence-electron chi connectivity index (χ4n) is 2.36. The molecule has 0 bridgehead atoms. The lowest BCUT2D eigenvalue weighted by Crippen LogP contribution is -2.04. The number of hydrogen-bond donors (Lipinski definition) is 2. The van der Waals surface area contributed by atoms with Gasteiger partial charge >= 0.3 is 5.97 Å². The molecule has 0 saturated heterocycles. The van der Waals surface area contributed by atoms with Gasteiger partial charge in [-0.3, -0.25) is 9.67 Å². The average molecular weight is 347 g/mol. The molecule has 0 unspecified atom stereocenters. The van der Waals surface area contributed by atoms with Crippen LogP contribution in [0.3, 0.4) is 0 Å². The Balaban J connectivity index is 1.99. The molecule has 0 radical (unpaired) electrons. The minimum atomic E-state index is -1.03. The first-order valence-corrected chi connectivity index (χ1v) is 7.30. The average Bonchev–Trinajstić information content (AvgIpc) is 2.87. The van der Waals surface area contributed by atoms with E-state index >= 15 is 0 Å². The van der Waals surface area contributed by atoms with Crippen LogP contribution in [0.25, 0.3) is 5.69 Å². The third-order valence-corrected chi connectivity index (χ3v) is 3.67. The van der Waals surface area contributed by atoms with E-state index in [1.54, 1.807) is 16.7 Å². The topological polar surface area (TPSA) is 70.9 Å². The largest absolute Gasteiger partial charge is 0.478 e. The molecule has 122 valence electrons. The van der Waals surface area contributed by atoms with Crippen molar-refractivity contribution in [3.05, 3.63) is 75.8 Å². The molecule has 0 atom stereocenters. The molecule has 24 heavy (non-hydrogen) atoms. The molecule has 0 spiro atoms. The predicted molar refractivity (Wildman–Crippen MR) is 84.9 cm³/mol. The van der Waals surface area contributed by atoms with E-state index in [1.165, 1.54) is 24.3 Å². The number of nitrogens with zero attached hydrogens (tertiary/aromatic N) is 2. The zero-order valence-corrected chi connectivity index (χ0v) is 13.0. The lowest BCUT2D eigenvalue weighted by atomic mass is 10.1. The third kappa shape index (κ3) is 3.23. The summed E-state index contributed by atoms with van der Waals surface area (Å²) < 4.78 is 28.5. The molecule has 2 N–H and O–H groups in total. The summed E-state index contributed by atoms with van der Waals surface area (Å²) in [5.74, 6) is -1.92. The number of nitrogens with one attached hydrogen (secondary N) is 1. The summed E-state index contributed by atoms with van der Waals surface area (Å²) in [6.07, 6.45) is 0.155. The van der Waals surface area contributed by atoms with Gasteiger partial charge in [-0.1, -0.05) is 0 Å². The number of H-pyrrole nitrogens is 1. The molecule has 5 nitrogen and oxygen atoms in total. The molecule has 3 rings (SSSR count). The number of carboxylic acids is 1. The molecule has 0 aliphatic heterocycles. The lowest BCUT2D eigenvalue weighted by molar-refractivity contribution is 0.0697. The van der Waals surface area contributed by atoms with Crippen LogP contribution in [0.4, 0.5) is 8.78 Å². The second kappa shape index (κ2) is 6.32. The Morgan fingerprint density at radius 1 is 1.17 bits per heavy atom. The second-order valence-corrected chi connectivity index (χ2v) is 5.47. The molecule has 0 saturated carbocycles. The number of halogens is 2. The molecular weight excluding hydrogens is 336 g/mol. The van der Waals surface area contributed by atoms with E-state index in [0.717, 1.165) is 6.07 Å². The van der Waals surface area contributed by atoms with Gasteiger partial charge in [0, 0.05) is 18.2 Å². The van der Waals surface area contributed by atoms with Gasteiger partial charge in [0.1, 0.15) is 17.5 Å². The molecule has 0 fully saturated rings. The summed E-state index contributed by atoms with van der Waals surface area (Å²) in [6, 6.07) is 9.30. The molecule has 1 aromatic heterocycles. The van der Waals surface area contributed by atoms with Crippen LogP contribution in [0.5, 0.6) is 0 Å². The van der Waals surface area contributed by atoms with E-state index in [9.17, 15) is 13.6 Å². The first-order valence-electron chi connectivity index (χ1n) is 6.89. The standard InChI is InChI=1S/C16H11F2N3O2S/c17-11-5-9(6-12(18)8-11)7-14-19-20-16(24)21(14)13-3-1-10(2-4-13)15(22)23/h1-6,8H,7H2,(H,20,24)(H,22,23). The molecule has 0 aliphatic carbocycles. The number of hydrogen-bond acceptors (Lipinski definition) is 3. The van der Waals surface area contributed by atoms with Gasteiger partial charge in [-0.2, -0.15) is 5.10 Å². The number of aromatic amines is 1. The van der Waals surface area contributed by atoms with Crippen molar-refractivity contribution < 1.29 is 18.7 Å². The fourth-order valence-corrected chi connectivity index (χ4v) is 2.62. The maximum Gasteiger partial charge on any atom is 0.335 e. The Bertz CT molecular complexity index is 944. The lowest BCUT2D eigenvalue weighted by Gasteiger charge is -2.08. The molecule has 1 heterocycles. The highest BCUT2D eigenvalue weighted by Crippen LogP contribution is 2.17. The molecule has 0 amide bonds. The van der Waals surface area contributed by atoms with Crippen molar-refractivity contribution in [2.24, 2.45) is 0 Å². The number of rotatable bonds is 4. The Morgan fingerprint density at radius 2 is 1.79 bits per heavy atom. The van der Waals surface area contributed by atoms with E-state index in [-0.39, 0.29) is 12.0 Å². The Morgan fingerprint density at radius 3 is 2.38 bits per heavy atom. The summed E-state index contributed by atoms with van der Waals surface area (Å²) in [5.41, 5.74) is 1.15. The first-order chi connectivity index (χ1) is 11.4. The van der Waals surface area contributed by atoms with Gasteiger partial charge in [0.25, 0.3) is 0 Å². The van der Waals surface area contributed by atoms with Crippen LogP contribution in [0.2, 0.25) is 0 Å². The molecule has 8 heteroatoms. The maximum atomic E-state index is 13.3. The summed E-state index contributed by atoms with van der Waals surface area (Å²) >= 11 is 5.19.